The lowest BCUT2D eigenvalue weighted by Gasteiger charge is -2.16. The molecule has 0 spiro atoms. The molecule has 0 atom stereocenters. The summed E-state index contributed by atoms with van der Waals surface area (Å²) in [6.07, 6.45) is -5.02. The van der Waals surface area contributed by atoms with Crippen molar-refractivity contribution in [3.05, 3.63) is 92.5 Å². The molecule has 190 valence electrons. The van der Waals surface area contributed by atoms with E-state index in [1.807, 2.05) is 26.0 Å². The lowest BCUT2D eigenvalue weighted by atomic mass is 10.1. The van der Waals surface area contributed by atoms with Crippen molar-refractivity contribution in [1.82, 2.24) is 9.13 Å². The number of hydrogen-bond donors (Lipinski definition) is 0. The third kappa shape index (κ3) is 5.04. The number of fused-ring (bicyclic) bond motifs is 1. The van der Waals surface area contributed by atoms with E-state index in [1.54, 1.807) is 30.3 Å². The van der Waals surface area contributed by atoms with E-state index in [9.17, 15) is 32.4 Å². The van der Waals surface area contributed by atoms with Crippen molar-refractivity contribution >= 4 is 10.8 Å². The topological polar surface area (TPSA) is 86.2 Å². The fourth-order valence-corrected chi connectivity index (χ4v) is 3.74. The van der Waals surface area contributed by atoms with Crippen LogP contribution in [0.4, 0.5) is 17.6 Å². The van der Waals surface area contributed by atoms with E-state index in [0.29, 0.717) is 5.75 Å². The first-order valence-electron chi connectivity index (χ1n) is 10.9. The molecule has 0 aliphatic carbocycles. The Kier molecular flexibility index (Phi) is 6.52. The van der Waals surface area contributed by atoms with E-state index in [1.165, 1.54) is 0 Å². The number of aromatic nitrogens is 2. The summed E-state index contributed by atoms with van der Waals surface area (Å²) in [6, 6.07) is 14.1. The zero-order chi connectivity index (χ0) is 27.1. The molecular weight excluding hydrogens is 494 g/mol. The summed E-state index contributed by atoms with van der Waals surface area (Å²) in [5, 5.41) is 11.1. The smallest absolute Gasteiger partial charge is 0.431 e. The Balaban J connectivity index is 1.82. The van der Waals surface area contributed by atoms with Crippen LogP contribution in [0.25, 0.3) is 16.5 Å². The maximum atomic E-state index is 14.9. The number of halogens is 4. The second-order valence-corrected chi connectivity index (χ2v) is 8.39. The predicted octanol–water partition coefficient (Wildman–Crippen LogP) is 5.30. The first-order chi connectivity index (χ1) is 17.4. The molecule has 4 aromatic rings. The molecule has 0 fully saturated rings. The van der Waals surface area contributed by atoms with Gasteiger partial charge in [0.05, 0.1) is 17.4 Å². The summed E-state index contributed by atoms with van der Waals surface area (Å²) in [4.78, 5) is 25.1. The quantitative estimate of drug-likeness (QED) is 0.338. The van der Waals surface area contributed by atoms with Gasteiger partial charge in [-0.05, 0) is 55.0 Å². The summed E-state index contributed by atoms with van der Waals surface area (Å²) in [5.41, 5.74) is -5.22. The van der Waals surface area contributed by atoms with Gasteiger partial charge in [-0.3, -0.25) is 9.36 Å². The lowest BCUT2D eigenvalue weighted by molar-refractivity contribution is -0.144. The Morgan fingerprint density at radius 3 is 2.22 bits per heavy atom. The number of alkyl halides is 3. The van der Waals surface area contributed by atoms with Gasteiger partial charge >= 0.3 is 11.9 Å². The molecule has 0 bridgehead atoms. The van der Waals surface area contributed by atoms with Crippen molar-refractivity contribution in [3.8, 4) is 29.0 Å². The van der Waals surface area contributed by atoms with E-state index in [-0.39, 0.29) is 38.4 Å². The van der Waals surface area contributed by atoms with E-state index in [2.05, 4.69) is 0 Å². The van der Waals surface area contributed by atoms with Crippen LogP contribution < -0.4 is 20.7 Å². The number of hydrogen-bond acceptors (Lipinski definition) is 5. The first-order valence-corrected chi connectivity index (χ1v) is 10.9. The van der Waals surface area contributed by atoms with E-state index < -0.39 is 34.6 Å². The van der Waals surface area contributed by atoms with Crippen LogP contribution in [0.15, 0.2) is 64.2 Å². The van der Waals surface area contributed by atoms with Crippen LogP contribution in [0.1, 0.15) is 25.1 Å². The monoisotopic (exact) mass is 513 g/mol. The Hall–Kier alpha value is -4.59. The molecule has 1 aromatic heterocycles. The number of nitrogens with zero attached hydrogens (tertiary/aromatic N) is 3. The molecule has 0 N–H and O–H groups in total. The molecule has 7 nitrogen and oxygen atoms in total. The van der Waals surface area contributed by atoms with Crippen LogP contribution in [0.2, 0.25) is 0 Å². The Labute approximate surface area is 207 Å². The summed E-state index contributed by atoms with van der Waals surface area (Å²) >= 11 is 0. The summed E-state index contributed by atoms with van der Waals surface area (Å²) in [7, 11) is 0.812. The van der Waals surface area contributed by atoms with Gasteiger partial charge < -0.3 is 9.47 Å². The van der Waals surface area contributed by atoms with Crippen molar-refractivity contribution in [2.75, 3.05) is 0 Å². The van der Waals surface area contributed by atoms with Gasteiger partial charge in [0.15, 0.2) is 0 Å². The number of rotatable bonds is 5. The molecule has 3 aromatic carbocycles. The zero-order valence-corrected chi connectivity index (χ0v) is 19.8. The normalized spacial score (nSPS) is 11.5. The molecule has 0 saturated heterocycles. The fraction of sp³-hybridized carbons (Fsp3) is 0.192. The van der Waals surface area contributed by atoms with Crippen molar-refractivity contribution in [2.24, 2.45) is 7.05 Å². The molecule has 0 amide bonds. The third-order valence-corrected chi connectivity index (χ3v) is 5.40. The zero-order valence-electron chi connectivity index (χ0n) is 19.8. The molecule has 0 aliphatic heterocycles. The lowest BCUT2D eigenvalue weighted by Crippen LogP contribution is -2.41. The Morgan fingerprint density at radius 2 is 1.59 bits per heavy atom. The highest BCUT2D eigenvalue weighted by Gasteiger charge is 2.35. The number of benzene rings is 3. The molecular formula is C26H19F4N3O4. The van der Waals surface area contributed by atoms with Gasteiger partial charge in [-0.25, -0.2) is 13.8 Å². The Bertz CT molecular complexity index is 1680. The predicted molar refractivity (Wildman–Crippen MR) is 127 cm³/mol. The maximum Gasteiger partial charge on any atom is 0.431 e. The van der Waals surface area contributed by atoms with Crippen molar-refractivity contribution in [1.29, 1.82) is 5.26 Å². The number of ether oxygens (including phenoxy) is 2. The SMILES string of the molecule is CC(C)Oc1ccc2ccc(Oc3cc(-n4c(=O)cc(C(F)(F)F)n(C)c4=O)c(F)cc3C#N)cc2c1. The summed E-state index contributed by atoms with van der Waals surface area (Å²) in [5.74, 6) is -0.506. The van der Waals surface area contributed by atoms with Crippen LogP contribution in [0.3, 0.4) is 0 Å². The molecule has 11 heteroatoms. The van der Waals surface area contributed by atoms with Crippen LogP contribution in [-0.4, -0.2) is 15.2 Å². The van der Waals surface area contributed by atoms with Crippen molar-refractivity contribution in [3.63, 3.8) is 0 Å². The van der Waals surface area contributed by atoms with Crippen molar-refractivity contribution in [2.45, 2.75) is 26.1 Å². The van der Waals surface area contributed by atoms with Crippen LogP contribution in [0, 0.1) is 17.1 Å². The van der Waals surface area contributed by atoms with E-state index in [4.69, 9.17) is 9.47 Å². The van der Waals surface area contributed by atoms with Crippen molar-refractivity contribution < 1.29 is 27.0 Å². The van der Waals surface area contributed by atoms with Gasteiger partial charge in [0.1, 0.15) is 34.8 Å². The molecule has 0 unspecified atom stereocenters. The van der Waals surface area contributed by atoms with Crippen LogP contribution in [0.5, 0.6) is 17.2 Å². The van der Waals surface area contributed by atoms with Gasteiger partial charge in [0, 0.05) is 19.2 Å². The van der Waals surface area contributed by atoms with Gasteiger partial charge in [-0.2, -0.15) is 18.4 Å². The maximum absolute atomic E-state index is 14.9. The highest BCUT2D eigenvalue weighted by Crippen LogP contribution is 2.32. The fourth-order valence-electron chi connectivity index (χ4n) is 3.74. The average molecular weight is 513 g/mol. The minimum atomic E-state index is -4.97. The molecule has 4 rings (SSSR count). The minimum absolute atomic E-state index is 0.0472. The van der Waals surface area contributed by atoms with Crippen LogP contribution >= 0.6 is 0 Å². The second kappa shape index (κ2) is 9.46. The Morgan fingerprint density at radius 1 is 0.946 bits per heavy atom. The van der Waals surface area contributed by atoms with Crippen LogP contribution in [-0.2, 0) is 13.2 Å². The molecule has 0 radical (unpaired) electrons. The second-order valence-electron chi connectivity index (χ2n) is 8.39. The van der Waals surface area contributed by atoms with Gasteiger partial charge in [0.25, 0.3) is 5.56 Å². The summed E-state index contributed by atoms with van der Waals surface area (Å²) in [6.45, 7) is 3.77. The van der Waals surface area contributed by atoms with Gasteiger partial charge in [-0.1, -0.05) is 12.1 Å². The molecule has 0 saturated carbocycles. The van der Waals surface area contributed by atoms with E-state index in [0.717, 1.165) is 30.0 Å². The molecule has 0 aliphatic rings. The highest BCUT2D eigenvalue weighted by molar-refractivity contribution is 5.85. The molecule has 1 heterocycles. The summed E-state index contributed by atoms with van der Waals surface area (Å²) < 4.78 is 66.3. The van der Waals surface area contributed by atoms with E-state index >= 15 is 0 Å². The van der Waals surface area contributed by atoms with Gasteiger partial charge in [-0.15, -0.1) is 0 Å². The largest absolute Gasteiger partial charge is 0.491 e. The highest BCUT2D eigenvalue weighted by atomic mass is 19.4. The van der Waals surface area contributed by atoms with Gasteiger partial charge in [0.2, 0.25) is 0 Å². The first kappa shape index (κ1) is 25.5. The number of nitriles is 1. The molecule has 37 heavy (non-hydrogen) atoms. The standard InChI is InChI=1S/C26H19F4N3O4/c1-14(2)36-18-6-4-15-5-7-19(9-16(15)8-18)37-22-11-21(20(27)10-17(22)13-31)33-24(34)12-23(26(28,29)30)32(3)25(33)35/h4-12,14H,1-3H3. The average Bonchev–Trinajstić information content (AvgIpc) is 2.81. The third-order valence-electron chi connectivity index (χ3n) is 5.40. The minimum Gasteiger partial charge on any atom is -0.491 e.